The minimum atomic E-state index is 0.158. The number of nitrogens with zero attached hydrogens (tertiary/aromatic N) is 4. The predicted molar refractivity (Wildman–Crippen MR) is 91.6 cm³/mol. The first kappa shape index (κ1) is 14.9. The van der Waals surface area contributed by atoms with Crippen LogP contribution in [0.1, 0.15) is 30.3 Å². The number of hydrogen-bond acceptors (Lipinski definition) is 3. The Morgan fingerprint density at radius 2 is 2.21 bits per heavy atom. The fraction of sp³-hybridized carbons (Fsp3) is 0.389. The van der Waals surface area contributed by atoms with Crippen LogP contribution in [-0.4, -0.2) is 43.6 Å². The Bertz CT molecular complexity index is 852. The minimum Gasteiger partial charge on any atom is -0.340 e. The number of piperidine rings is 1. The third-order valence-electron chi connectivity index (χ3n) is 4.87. The molecule has 0 aliphatic carbocycles. The maximum Gasteiger partial charge on any atom is 0.242 e. The number of carbonyl (C=O) groups excluding carboxylic acids is 1. The zero-order valence-electron chi connectivity index (χ0n) is 13.8. The molecule has 1 atom stereocenters. The second-order valence-corrected chi connectivity index (χ2v) is 6.42. The summed E-state index contributed by atoms with van der Waals surface area (Å²) in [6.07, 6.45) is 3.90. The summed E-state index contributed by atoms with van der Waals surface area (Å²) in [5.41, 5.74) is 3.08. The van der Waals surface area contributed by atoms with Crippen molar-refractivity contribution in [3.8, 4) is 0 Å². The quantitative estimate of drug-likeness (QED) is 0.805. The Morgan fingerprint density at radius 1 is 1.33 bits per heavy atom. The van der Waals surface area contributed by atoms with E-state index in [-0.39, 0.29) is 5.91 Å². The van der Waals surface area contributed by atoms with Crippen LogP contribution in [0.4, 0.5) is 0 Å². The highest BCUT2D eigenvalue weighted by molar-refractivity contribution is 5.81. The lowest BCUT2D eigenvalue weighted by Gasteiger charge is -2.32. The standard InChI is InChI=1S/C18H21N5O/c1-13-20-16-6-2-3-7-17(16)23(13)12-18(24)22-10-4-5-14(11-22)15-8-9-19-21-15/h2-3,6-9,14H,4-5,10-12H2,1H3,(H,19,21)/t14-/m0/s1. The molecule has 1 aliphatic heterocycles. The molecule has 0 unspecified atom stereocenters. The average molecular weight is 323 g/mol. The number of aryl methyl sites for hydroxylation is 1. The molecule has 1 saturated heterocycles. The van der Waals surface area contributed by atoms with Crippen LogP contribution in [0.15, 0.2) is 36.5 Å². The number of aromatic amines is 1. The van der Waals surface area contributed by atoms with E-state index in [2.05, 4.69) is 15.2 Å². The second-order valence-electron chi connectivity index (χ2n) is 6.42. The van der Waals surface area contributed by atoms with Gasteiger partial charge in [0.2, 0.25) is 5.91 Å². The summed E-state index contributed by atoms with van der Waals surface area (Å²) in [6.45, 7) is 3.89. The Kier molecular flexibility index (Phi) is 3.80. The fourth-order valence-corrected chi connectivity index (χ4v) is 3.58. The van der Waals surface area contributed by atoms with Crippen molar-refractivity contribution in [2.45, 2.75) is 32.2 Å². The number of benzene rings is 1. The molecule has 2 aromatic heterocycles. The van der Waals surface area contributed by atoms with Crippen LogP contribution < -0.4 is 0 Å². The molecule has 0 saturated carbocycles. The van der Waals surface area contributed by atoms with Gasteiger partial charge in [-0.05, 0) is 38.0 Å². The molecule has 0 bridgehead atoms. The van der Waals surface area contributed by atoms with Crippen molar-refractivity contribution >= 4 is 16.9 Å². The van der Waals surface area contributed by atoms with E-state index in [4.69, 9.17) is 0 Å². The zero-order chi connectivity index (χ0) is 16.5. The van der Waals surface area contributed by atoms with Crippen LogP contribution in [0.2, 0.25) is 0 Å². The van der Waals surface area contributed by atoms with Crippen molar-refractivity contribution < 1.29 is 4.79 Å². The van der Waals surface area contributed by atoms with Crippen molar-refractivity contribution in [2.75, 3.05) is 13.1 Å². The summed E-state index contributed by atoms with van der Waals surface area (Å²) in [4.78, 5) is 19.3. The first-order chi connectivity index (χ1) is 11.7. The molecule has 1 aliphatic rings. The number of amides is 1. The number of likely N-dealkylation sites (tertiary alicyclic amines) is 1. The van der Waals surface area contributed by atoms with Gasteiger partial charge in [0.15, 0.2) is 0 Å². The van der Waals surface area contributed by atoms with Crippen LogP contribution in [0.5, 0.6) is 0 Å². The van der Waals surface area contributed by atoms with E-state index in [0.717, 1.165) is 48.5 Å². The lowest BCUT2D eigenvalue weighted by molar-refractivity contribution is -0.133. The third-order valence-corrected chi connectivity index (χ3v) is 4.87. The lowest BCUT2D eigenvalue weighted by atomic mass is 9.95. The van der Waals surface area contributed by atoms with E-state index >= 15 is 0 Å². The van der Waals surface area contributed by atoms with Gasteiger partial charge in [0.1, 0.15) is 12.4 Å². The maximum absolute atomic E-state index is 12.8. The summed E-state index contributed by atoms with van der Waals surface area (Å²) >= 11 is 0. The topological polar surface area (TPSA) is 66.8 Å². The van der Waals surface area contributed by atoms with Gasteiger partial charge in [0, 0.05) is 30.9 Å². The number of hydrogen-bond donors (Lipinski definition) is 1. The number of aromatic nitrogens is 4. The second kappa shape index (κ2) is 6.11. The zero-order valence-corrected chi connectivity index (χ0v) is 13.8. The molecular formula is C18H21N5O. The molecule has 124 valence electrons. The van der Waals surface area contributed by atoms with Gasteiger partial charge in [-0.2, -0.15) is 5.10 Å². The van der Waals surface area contributed by atoms with Gasteiger partial charge in [0.25, 0.3) is 0 Å². The van der Waals surface area contributed by atoms with E-state index < -0.39 is 0 Å². The molecule has 1 fully saturated rings. The Morgan fingerprint density at radius 3 is 3.04 bits per heavy atom. The number of fused-ring (bicyclic) bond motifs is 1. The van der Waals surface area contributed by atoms with Crippen LogP contribution in [-0.2, 0) is 11.3 Å². The lowest BCUT2D eigenvalue weighted by Crippen LogP contribution is -2.41. The summed E-state index contributed by atoms with van der Waals surface area (Å²) < 4.78 is 2.01. The molecule has 6 heteroatoms. The molecule has 4 rings (SSSR count). The SMILES string of the molecule is Cc1nc2ccccc2n1CC(=O)N1CCC[C@H](c2ccn[nH]2)C1. The van der Waals surface area contributed by atoms with Crippen LogP contribution in [0.3, 0.4) is 0 Å². The summed E-state index contributed by atoms with van der Waals surface area (Å²) in [7, 11) is 0. The van der Waals surface area contributed by atoms with Gasteiger partial charge in [-0.15, -0.1) is 0 Å². The minimum absolute atomic E-state index is 0.158. The molecule has 0 radical (unpaired) electrons. The highest BCUT2D eigenvalue weighted by atomic mass is 16.2. The van der Waals surface area contributed by atoms with Gasteiger partial charge in [-0.1, -0.05) is 12.1 Å². The molecule has 3 aromatic rings. The number of H-pyrrole nitrogens is 1. The van der Waals surface area contributed by atoms with E-state index in [1.807, 2.05) is 46.7 Å². The monoisotopic (exact) mass is 323 g/mol. The Labute approximate surface area is 140 Å². The van der Waals surface area contributed by atoms with E-state index in [0.29, 0.717) is 12.5 Å². The first-order valence-corrected chi connectivity index (χ1v) is 8.41. The molecule has 6 nitrogen and oxygen atoms in total. The molecule has 1 N–H and O–H groups in total. The molecule has 1 aromatic carbocycles. The van der Waals surface area contributed by atoms with Crippen molar-refractivity contribution in [1.29, 1.82) is 0 Å². The summed E-state index contributed by atoms with van der Waals surface area (Å²) in [5, 5.41) is 7.08. The van der Waals surface area contributed by atoms with Crippen molar-refractivity contribution in [2.24, 2.45) is 0 Å². The number of nitrogens with one attached hydrogen (secondary N) is 1. The van der Waals surface area contributed by atoms with Crippen LogP contribution in [0.25, 0.3) is 11.0 Å². The van der Waals surface area contributed by atoms with E-state index in [1.54, 1.807) is 6.20 Å². The summed E-state index contributed by atoms with van der Waals surface area (Å²) in [6, 6.07) is 9.97. The van der Waals surface area contributed by atoms with Crippen molar-refractivity contribution in [3.05, 3.63) is 48.0 Å². The third kappa shape index (κ3) is 2.68. The normalized spacial score (nSPS) is 18.2. The molecule has 3 heterocycles. The predicted octanol–water partition coefficient (Wildman–Crippen LogP) is 2.47. The number of carbonyl (C=O) groups is 1. The largest absolute Gasteiger partial charge is 0.340 e. The number of rotatable bonds is 3. The van der Waals surface area contributed by atoms with Gasteiger partial charge < -0.3 is 9.47 Å². The van der Waals surface area contributed by atoms with Gasteiger partial charge in [-0.3, -0.25) is 9.89 Å². The number of para-hydroxylation sites is 2. The van der Waals surface area contributed by atoms with Gasteiger partial charge in [0.05, 0.1) is 11.0 Å². The Hall–Kier alpha value is -2.63. The van der Waals surface area contributed by atoms with Gasteiger partial charge >= 0.3 is 0 Å². The molecule has 0 spiro atoms. The molecule has 24 heavy (non-hydrogen) atoms. The maximum atomic E-state index is 12.8. The van der Waals surface area contributed by atoms with Gasteiger partial charge in [-0.25, -0.2) is 4.98 Å². The average Bonchev–Trinajstić information content (AvgIpc) is 3.24. The fourth-order valence-electron chi connectivity index (χ4n) is 3.58. The van der Waals surface area contributed by atoms with E-state index in [9.17, 15) is 4.79 Å². The summed E-state index contributed by atoms with van der Waals surface area (Å²) in [5.74, 6) is 1.39. The van der Waals surface area contributed by atoms with E-state index in [1.165, 1.54) is 0 Å². The highest BCUT2D eigenvalue weighted by Gasteiger charge is 2.26. The Balaban J connectivity index is 1.52. The van der Waals surface area contributed by atoms with Crippen LogP contribution in [0, 0.1) is 6.92 Å². The highest BCUT2D eigenvalue weighted by Crippen LogP contribution is 2.25. The number of imidazole rings is 1. The smallest absolute Gasteiger partial charge is 0.242 e. The first-order valence-electron chi connectivity index (χ1n) is 8.41. The molecule has 1 amide bonds. The van der Waals surface area contributed by atoms with Crippen molar-refractivity contribution in [3.63, 3.8) is 0 Å². The van der Waals surface area contributed by atoms with Crippen LogP contribution >= 0.6 is 0 Å². The van der Waals surface area contributed by atoms with Crippen molar-refractivity contribution in [1.82, 2.24) is 24.6 Å². The molecular weight excluding hydrogens is 302 g/mol.